The Morgan fingerprint density at radius 3 is 2.93 bits per heavy atom. The molecule has 0 saturated carbocycles. The number of fused-ring (bicyclic) bond motifs is 1. The van der Waals surface area contributed by atoms with Gasteiger partial charge in [0.05, 0.1) is 12.6 Å². The number of pyridine rings is 1. The van der Waals surface area contributed by atoms with Gasteiger partial charge in [-0.1, -0.05) is 26.0 Å². The zero-order valence-corrected chi connectivity index (χ0v) is 17.2. The van der Waals surface area contributed by atoms with Gasteiger partial charge >= 0.3 is 0 Å². The molecule has 1 atom stereocenters. The zero-order valence-electron chi connectivity index (χ0n) is 16.4. The molecule has 146 valence electrons. The summed E-state index contributed by atoms with van der Waals surface area (Å²) in [5, 5.41) is 5.05. The molecular formula is C21H29N3O2S. The van der Waals surface area contributed by atoms with Gasteiger partial charge < -0.3 is 19.9 Å². The number of ether oxygens (including phenoxy) is 1. The Kier molecular flexibility index (Phi) is 6.50. The lowest BCUT2D eigenvalue weighted by atomic mass is 10.1. The van der Waals surface area contributed by atoms with Crippen LogP contribution in [0.25, 0.3) is 10.9 Å². The molecule has 1 saturated heterocycles. The predicted octanol–water partition coefficient (Wildman–Crippen LogP) is 3.35. The highest BCUT2D eigenvalue weighted by molar-refractivity contribution is 7.80. The van der Waals surface area contributed by atoms with Gasteiger partial charge in [-0.15, -0.1) is 0 Å². The van der Waals surface area contributed by atoms with E-state index < -0.39 is 0 Å². The second-order valence-electron chi connectivity index (χ2n) is 7.81. The van der Waals surface area contributed by atoms with E-state index in [2.05, 4.69) is 35.1 Å². The predicted molar refractivity (Wildman–Crippen MR) is 114 cm³/mol. The molecule has 1 fully saturated rings. The highest BCUT2D eigenvalue weighted by Gasteiger charge is 2.22. The lowest BCUT2D eigenvalue weighted by Crippen LogP contribution is -2.44. The van der Waals surface area contributed by atoms with E-state index >= 15 is 0 Å². The average Bonchev–Trinajstić information content (AvgIpc) is 3.13. The van der Waals surface area contributed by atoms with Crippen LogP contribution in [0.2, 0.25) is 0 Å². The molecule has 1 aromatic carbocycles. The van der Waals surface area contributed by atoms with Crippen LogP contribution in [-0.4, -0.2) is 40.8 Å². The first-order valence-corrected chi connectivity index (χ1v) is 10.1. The smallest absolute Gasteiger partial charge is 0.253 e. The molecule has 0 unspecified atom stereocenters. The summed E-state index contributed by atoms with van der Waals surface area (Å²) in [5.74, 6) is 0.500. The van der Waals surface area contributed by atoms with Gasteiger partial charge in [0.1, 0.15) is 0 Å². The number of benzene rings is 1. The second kappa shape index (κ2) is 8.85. The molecule has 1 aromatic heterocycles. The summed E-state index contributed by atoms with van der Waals surface area (Å²) in [6.07, 6.45) is 2.29. The van der Waals surface area contributed by atoms with Crippen molar-refractivity contribution in [2.24, 2.45) is 5.92 Å². The van der Waals surface area contributed by atoms with Crippen molar-refractivity contribution in [3.8, 4) is 0 Å². The molecule has 0 spiro atoms. The third-order valence-electron chi connectivity index (χ3n) is 4.84. The van der Waals surface area contributed by atoms with Gasteiger partial charge in [-0.2, -0.15) is 0 Å². The summed E-state index contributed by atoms with van der Waals surface area (Å²) in [4.78, 5) is 17.7. The molecule has 0 aliphatic carbocycles. The molecule has 2 N–H and O–H groups in total. The van der Waals surface area contributed by atoms with Crippen LogP contribution in [0.1, 0.15) is 37.8 Å². The number of hydrogen-bond acceptors (Lipinski definition) is 3. The minimum atomic E-state index is -0.0582. The summed E-state index contributed by atoms with van der Waals surface area (Å²) < 4.78 is 5.80. The summed E-state index contributed by atoms with van der Waals surface area (Å²) in [5.41, 5.74) is 2.66. The van der Waals surface area contributed by atoms with Crippen LogP contribution in [0, 0.1) is 12.8 Å². The molecule has 6 heteroatoms. The molecule has 0 bridgehead atoms. The summed E-state index contributed by atoms with van der Waals surface area (Å²) in [6.45, 7) is 9.12. The number of thiocarbonyl (C=S) groups is 1. The van der Waals surface area contributed by atoms with Crippen LogP contribution in [0.15, 0.2) is 29.1 Å². The first kappa shape index (κ1) is 19.8. The third-order valence-corrected chi connectivity index (χ3v) is 5.24. The number of nitrogens with zero attached hydrogens (tertiary/aromatic N) is 1. The summed E-state index contributed by atoms with van der Waals surface area (Å²) in [6, 6.07) is 8.08. The van der Waals surface area contributed by atoms with E-state index in [1.54, 1.807) is 0 Å². The van der Waals surface area contributed by atoms with Crippen molar-refractivity contribution in [2.75, 3.05) is 19.7 Å². The van der Waals surface area contributed by atoms with Gasteiger partial charge in [-0.25, -0.2) is 0 Å². The Labute approximate surface area is 166 Å². The first-order chi connectivity index (χ1) is 12.9. The fraction of sp³-hybridized carbons (Fsp3) is 0.524. The van der Waals surface area contributed by atoms with E-state index in [1.165, 1.54) is 0 Å². The van der Waals surface area contributed by atoms with E-state index in [0.29, 0.717) is 24.1 Å². The summed E-state index contributed by atoms with van der Waals surface area (Å²) >= 11 is 5.63. The Bertz CT molecular complexity index is 856. The van der Waals surface area contributed by atoms with Crippen LogP contribution in [-0.2, 0) is 11.3 Å². The SMILES string of the molecule is Cc1ccc2cc(CN(C[C@@H]3CCCO3)C(=S)NCC(C)C)c(=O)[nH]c2c1. The van der Waals surface area contributed by atoms with Gasteiger partial charge in [0, 0.05) is 30.8 Å². The molecule has 0 radical (unpaired) electrons. The minimum Gasteiger partial charge on any atom is -0.376 e. The largest absolute Gasteiger partial charge is 0.376 e. The van der Waals surface area contributed by atoms with Crippen molar-refractivity contribution >= 4 is 28.2 Å². The maximum atomic E-state index is 12.6. The summed E-state index contributed by atoms with van der Waals surface area (Å²) in [7, 11) is 0. The van der Waals surface area contributed by atoms with Crippen molar-refractivity contribution < 1.29 is 4.74 Å². The molecule has 5 nitrogen and oxygen atoms in total. The number of aromatic nitrogens is 1. The van der Waals surface area contributed by atoms with Crippen LogP contribution in [0.4, 0.5) is 0 Å². The Morgan fingerprint density at radius 2 is 2.22 bits per heavy atom. The van der Waals surface area contributed by atoms with Crippen molar-refractivity contribution in [3.05, 3.63) is 45.7 Å². The Balaban J connectivity index is 1.82. The van der Waals surface area contributed by atoms with Gasteiger partial charge in [0.2, 0.25) is 0 Å². The molecule has 2 aromatic rings. The number of nitrogens with one attached hydrogen (secondary N) is 2. The Morgan fingerprint density at radius 1 is 1.41 bits per heavy atom. The maximum absolute atomic E-state index is 12.6. The minimum absolute atomic E-state index is 0.0582. The molecule has 3 rings (SSSR count). The standard InChI is InChI=1S/C21H29N3O2S/c1-14(2)11-22-21(27)24(13-18-5-4-8-26-18)12-17-10-16-7-6-15(3)9-19(16)23-20(17)25/h6-7,9-10,14,18H,4-5,8,11-13H2,1-3H3,(H,22,27)(H,23,25)/t18-/m0/s1. The van der Waals surface area contributed by atoms with E-state index in [4.69, 9.17) is 17.0 Å². The van der Waals surface area contributed by atoms with E-state index in [0.717, 1.165) is 48.0 Å². The molecule has 2 heterocycles. The van der Waals surface area contributed by atoms with E-state index in [1.807, 2.05) is 25.1 Å². The number of aromatic amines is 1. The van der Waals surface area contributed by atoms with Crippen LogP contribution in [0.5, 0.6) is 0 Å². The van der Waals surface area contributed by atoms with Crippen LogP contribution >= 0.6 is 12.2 Å². The molecular weight excluding hydrogens is 358 g/mol. The van der Waals surface area contributed by atoms with Crippen LogP contribution in [0.3, 0.4) is 0 Å². The van der Waals surface area contributed by atoms with Crippen molar-refractivity contribution in [1.29, 1.82) is 0 Å². The normalized spacial score (nSPS) is 16.8. The van der Waals surface area contributed by atoms with Crippen LogP contribution < -0.4 is 10.9 Å². The lowest BCUT2D eigenvalue weighted by Gasteiger charge is -2.28. The zero-order chi connectivity index (χ0) is 19.4. The van der Waals surface area contributed by atoms with E-state index in [-0.39, 0.29) is 11.7 Å². The number of rotatable bonds is 6. The number of hydrogen-bond donors (Lipinski definition) is 2. The van der Waals surface area contributed by atoms with Gasteiger partial charge in [-0.05, 0) is 61.0 Å². The van der Waals surface area contributed by atoms with Gasteiger partial charge in [0.15, 0.2) is 5.11 Å². The molecule has 1 aliphatic rings. The quantitative estimate of drug-likeness (QED) is 0.745. The highest BCUT2D eigenvalue weighted by atomic mass is 32.1. The van der Waals surface area contributed by atoms with Crippen molar-refractivity contribution in [2.45, 2.75) is 46.3 Å². The second-order valence-corrected chi connectivity index (χ2v) is 8.20. The van der Waals surface area contributed by atoms with E-state index in [9.17, 15) is 4.79 Å². The lowest BCUT2D eigenvalue weighted by molar-refractivity contribution is 0.0896. The number of H-pyrrole nitrogens is 1. The maximum Gasteiger partial charge on any atom is 0.253 e. The topological polar surface area (TPSA) is 57.4 Å². The highest BCUT2D eigenvalue weighted by Crippen LogP contribution is 2.17. The van der Waals surface area contributed by atoms with Gasteiger partial charge in [-0.3, -0.25) is 4.79 Å². The Hall–Kier alpha value is -1.92. The average molecular weight is 388 g/mol. The third kappa shape index (κ3) is 5.30. The number of aryl methyl sites for hydroxylation is 1. The van der Waals surface area contributed by atoms with Crippen molar-refractivity contribution in [1.82, 2.24) is 15.2 Å². The van der Waals surface area contributed by atoms with Gasteiger partial charge in [0.25, 0.3) is 5.56 Å². The molecule has 27 heavy (non-hydrogen) atoms. The molecule has 0 amide bonds. The monoisotopic (exact) mass is 387 g/mol. The molecule has 1 aliphatic heterocycles. The first-order valence-electron chi connectivity index (χ1n) is 9.69. The fourth-order valence-corrected chi connectivity index (χ4v) is 3.56. The van der Waals surface area contributed by atoms with Crippen molar-refractivity contribution in [3.63, 3.8) is 0 Å². The fourth-order valence-electron chi connectivity index (χ4n) is 3.34.